The van der Waals surface area contributed by atoms with Crippen molar-refractivity contribution in [1.82, 2.24) is 9.78 Å². The number of hydrogen-bond donors (Lipinski definition) is 1. The van der Waals surface area contributed by atoms with Gasteiger partial charge in [-0.3, -0.25) is 0 Å². The zero-order valence-electron chi connectivity index (χ0n) is 15.3. The summed E-state index contributed by atoms with van der Waals surface area (Å²) in [4.78, 5) is 0. The van der Waals surface area contributed by atoms with Gasteiger partial charge in [0.2, 0.25) is 0 Å². The van der Waals surface area contributed by atoms with Gasteiger partial charge in [-0.05, 0) is 61.6 Å². The average Bonchev–Trinajstić information content (AvgIpc) is 3.14. The van der Waals surface area contributed by atoms with Crippen molar-refractivity contribution in [3.8, 4) is 5.69 Å². The van der Waals surface area contributed by atoms with Gasteiger partial charge in [0.15, 0.2) is 6.29 Å². The van der Waals surface area contributed by atoms with Crippen molar-refractivity contribution in [2.75, 3.05) is 0 Å². The molecule has 2 aromatic rings. The summed E-state index contributed by atoms with van der Waals surface area (Å²) in [5.41, 5.74) is 4.35. The molecule has 26 heavy (non-hydrogen) atoms. The second-order valence-electron chi connectivity index (χ2n) is 7.61. The summed E-state index contributed by atoms with van der Waals surface area (Å²) in [7, 11) is 0. The predicted octanol–water partition coefficient (Wildman–Crippen LogP) is 4.25. The van der Waals surface area contributed by atoms with Crippen LogP contribution in [0.15, 0.2) is 36.0 Å². The molecule has 0 aliphatic heterocycles. The number of hydrogen-bond acceptors (Lipinski definition) is 3. The van der Waals surface area contributed by atoms with Gasteiger partial charge in [-0.25, -0.2) is 9.07 Å². The normalized spacial score (nSPS) is 25.5. The first-order chi connectivity index (χ1) is 12.5. The second-order valence-corrected chi connectivity index (χ2v) is 7.61. The van der Waals surface area contributed by atoms with Crippen molar-refractivity contribution < 1.29 is 14.2 Å². The number of aliphatic hydroxyl groups is 1. The van der Waals surface area contributed by atoms with Crippen LogP contribution in [0.1, 0.15) is 50.8 Å². The van der Waals surface area contributed by atoms with Crippen LogP contribution in [0.4, 0.5) is 4.39 Å². The lowest BCUT2D eigenvalue weighted by molar-refractivity contribution is -0.160. The molecular formula is C21H25FN2O2. The summed E-state index contributed by atoms with van der Waals surface area (Å²) in [5, 5.41) is 14.6. The van der Waals surface area contributed by atoms with E-state index in [9.17, 15) is 9.50 Å². The van der Waals surface area contributed by atoms with Gasteiger partial charge in [-0.15, -0.1) is 0 Å². The fourth-order valence-corrected chi connectivity index (χ4v) is 4.32. The molecule has 1 saturated carbocycles. The fraction of sp³-hybridized carbons (Fsp3) is 0.476. The first kappa shape index (κ1) is 17.4. The van der Waals surface area contributed by atoms with Crippen molar-refractivity contribution >= 4 is 6.08 Å². The molecular weight excluding hydrogens is 331 g/mol. The van der Waals surface area contributed by atoms with E-state index in [0.29, 0.717) is 6.42 Å². The van der Waals surface area contributed by atoms with Crippen LogP contribution in [0, 0.1) is 11.2 Å². The Hall–Kier alpha value is -1.98. The monoisotopic (exact) mass is 356 g/mol. The quantitative estimate of drug-likeness (QED) is 0.815. The van der Waals surface area contributed by atoms with Crippen LogP contribution in [0.5, 0.6) is 0 Å². The summed E-state index contributed by atoms with van der Waals surface area (Å²) < 4.78 is 21.1. The van der Waals surface area contributed by atoms with E-state index in [-0.39, 0.29) is 17.3 Å². The number of nitrogens with zero attached hydrogens (tertiary/aromatic N) is 2. The Morgan fingerprint density at radius 1 is 1.38 bits per heavy atom. The van der Waals surface area contributed by atoms with Gasteiger partial charge < -0.3 is 9.84 Å². The first-order valence-electron chi connectivity index (χ1n) is 9.38. The van der Waals surface area contributed by atoms with Crippen LogP contribution in [-0.4, -0.2) is 27.3 Å². The van der Waals surface area contributed by atoms with Crippen LogP contribution in [0.3, 0.4) is 0 Å². The Balaban J connectivity index is 1.63. The number of aromatic nitrogens is 2. The topological polar surface area (TPSA) is 47.3 Å². The summed E-state index contributed by atoms with van der Waals surface area (Å²) >= 11 is 0. The highest BCUT2D eigenvalue weighted by molar-refractivity contribution is 5.62. The van der Waals surface area contributed by atoms with E-state index in [0.717, 1.165) is 37.1 Å². The van der Waals surface area contributed by atoms with Gasteiger partial charge in [0.1, 0.15) is 5.82 Å². The van der Waals surface area contributed by atoms with Gasteiger partial charge in [0.25, 0.3) is 0 Å². The van der Waals surface area contributed by atoms with Gasteiger partial charge in [0.05, 0.1) is 23.7 Å². The molecule has 0 radical (unpaired) electrons. The third kappa shape index (κ3) is 2.89. The highest BCUT2D eigenvalue weighted by Crippen LogP contribution is 2.51. The molecule has 0 spiro atoms. The molecule has 3 unspecified atom stereocenters. The van der Waals surface area contributed by atoms with E-state index >= 15 is 0 Å². The van der Waals surface area contributed by atoms with Gasteiger partial charge >= 0.3 is 0 Å². The molecule has 138 valence electrons. The molecule has 1 aromatic heterocycles. The molecule has 1 N–H and O–H groups in total. The third-order valence-corrected chi connectivity index (χ3v) is 5.80. The van der Waals surface area contributed by atoms with Gasteiger partial charge in [0, 0.05) is 5.41 Å². The highest BCUT2D eigenvalue weighted by Gasteiger charge is 2.47. The lowest BCUT2D eigenvalue weighted by Crippen LogP contribution is -2.37. The average molecular weight is 356 g/mol. The van der Waals surface area contributed by atoms with Crippen LogP contribution in [0.25, 0.3) is 11.8 Å². The molecule has 2 aliphatic rings. The summed E-state index contributed by atoms with van der Waals surface area (Å²) in [5.74, 6) is -0.248. The molecule has 1 aromatic carbocycles. The van der Waals surface area contributed by atoms with E-state index < -0.39 is 6.29 Å². The van der Waals surface area contributed by atoms with Crippen LogP contribution < -0.4 is 0 Å². The van der Waals surface area contributed by atoms with Crippen LogP contribution >= 0.6 is 0 Å². The molecule has 0 amide bonds. The van der Waals surface area contributed by atoms with E-state index in [1.54, 1.807) is 12.1 Å². The van der Waals surface area contributed by atoms with E-state index in [1.807, 2.05) is 17.8 Å². The number of fused-ring (bicyclic) bond motifs is 2. The highest BCUT2D eigenvalue weighted by atomic mass is 19.1. The van der Waals surface area contributed by atoms with Crippen LogP contribution in [0.2, 0.25) is 0 Å². The minimum atomic E-state index is -0.690. The lowest BCUT2D eigenvalue weighted by atomic mass is 9.74. The number of halogens is 1. The SMILES string of the molecule is CCCC(O)OC1CCC2=Cc3c(cnn3-c3ccc(F)cc3)CC21C. The molecule has 0 saturated heterocycles. The molecule has 5 heteroatoms. The maximum atomic E-state index is 13.2. The van der Waals surface area contributed by atoms with Crippen molar-refractivity contribution in [1.29, 1.82) is 0 Å². The van der Waals surface area contributed by atoms with E-state index in [1.165, 1.54) is 23.3 Å². The summed E-state index contributed by atoms with van der Waals surface area (Å²) in [6.07, 6.45) is 7.76. The molecule has 4 rings (SSSR count). The zero-order valence-corrected chi connectivity index (χ0v) is 15.3. The number of aliphatic hydroxyl groups excluding tert-OH is 1. The number of rotatable bonds is 5. The maximum Gasteiger partial charge on any atom is 0.154 e. The number of benzene rings is 1. The predicted molar refractivity (Wildman–Crippen MR) is 98.3 cm³/mol. The molecule has 0 bridgehead atoms. The minimum absolute atomic E-state index is 0.0256. The first-order valence-corrected chi connectivity index (χ1v) is 9.38. The Morgan fingerprint density at radius 2 is 2.15 bits per heavy atom. The van der Waals surface area contributed by atoms with E-state index in [4.69, 9.17) is 4.74 Å². The van der Waals surface area contributed by atoms with Gasteiger partial charge in [-0.2, -0.15) is 5.10 Å². The standard InChI is InChI=1S/C21H25FN2O2/c1-3-4-20(25)26-19-10-5-15-11-18-14(12-21(15,19)2)13-23-24(18)17-8-6-16(22)7-9-17/h6-9,11,13,19-20,25H,3-5,10,12H2,1-2H3. The third-order valence-electron chi connectivity index (χ3n) is 5.80. The number of ether oxygens (including phenoxy) is 1. The Labute approximate surface area is 153 Å². The molecule has 1 heterocycles. The second kappa shape index (κ2) is 6.63. The van der Waals surface area contributed by atoms with Crippen molar-refractivity contribution in [2.24, 2.45) is 5.41 Å². The molecule has 4 nitrogen and oxygen atoms in total. The smallest absolute Gasteiger partial charge is 0.154 e. The Bertz CT molecular complexity index is 827. The Morgan fingerprint density at radius 3 is 2.88 bits per heavy atom. The van der Waals surface area contributed by atoms with Crippen molar-refractivity contribution in [3.05, 3.63) is 53.1 Å². The summed E-state index contributed by atoms with van der Waals surface area (Å²) in [6.45, 7) is 4.28. The molecule has 2 aliphatic carbocycles. The van der Waals surface area contributed by atoms with Crippen molar-refractivity contribution in [3.63, 3.8) is 0 Å². The molecule has 3 atom stereocenters. The Kier molecular flexibility index (Phi) is 4.45. The maximum absolute atomic E-state index is 13.2. The zero-order chi connectivity index (χ0) is 18.3. The van der Waals surface area contributed by atoms with Gasteiger partial charge in [-0.1, -0.05) is 25.8 Å². The van der Waals surface area contributed by atoms with Crippen LogP contribution in [-0.2, 0) is 11.2 Å². The lowest BCUT2D eigenvalue weighted by Gasteiger charge is -2.36. The summed E-state index contributed by atoms with van der Waals surface area (Å²) in [6, 6.07) is 6.41. The fourth-order valence-electron chi connectivity index (χ4n) is 4.32. The van der Waals surface area contributed by atoms with Crippen molar-refractivity contribution in [2.45, 2.75) is 58.3 Å². The van der Waals surface area contributed by atoms with E-state index in [2.05, 4.69) is 18.1 Å². The minimum Gasteiger partial charge on any atom is -0.368 e. The molecule has 1 fully saturated rings. The largest absolute Gasteiger partial charge is 0.368 e.